The molecule has 0 amide bonds. The summed E-state index contributed by atoms with van der Waals surface area (Å²) in [6.07, 6.45) is 3.70. The Morgan fingerprint density at radius 1 is 0.857 bits per heavy atom. The average Bonchev–Trinajstić information content (AvgIpc) is 2.75. The van der Waals surface area contributed by atoms with Crippen molar-refractivity contribution in [3.63, 3.8) is 0 Å². The lowest BCUT2D eigenvalue weighted by Gasteiger charge is -2.36. The van der Waals surface area contributed by atoms with E-state index < -0.39 is 0 Å². The minimum Gasteiger partial charge on any atom is -0.487 e. The molecule has 0 N–H and O–H groups in total. The van der Waals surface area contributed by atoms with Gasteiger partial charge < -0.3 is 9.64 Å². The van der Waals surface area contributed by atoms with Gasteiger partial charge in [0.05, 0.1) is 18.1 Å². The van der Waals surface area contributed by atoms with Crippen LogP contribution in [-0.2, 0) is 13.2 Å². The number of aromatic nitrogens is 1. The molecule has 1 fully saturated rings. The smallest absolute Gasteiger partial charge is 0.140 e. The van der Waals surface area contributed by atoms with E-state index >= 15 is 0 Å². The fourth-order valence-corrected chi connectivity index (χ4v) is 3.54. The molecule has 5 heteroatoms. The molecule has 0 unspecified atom stereocenters. The largest absolute Gasteiger partial charge is 0.487 e. The number of pyridine rings is 1. The fraction of sp³-hybridized carbons (Fsp3) is 0.261. The quantitative estimate of drug-likeness (QED) is 0.610. The van der Waals surface area contributed by atoms with Gasteiger partial charge in [0.1, 0.15) is 12.4 Å². The maximum Gasteiger partial charge on any atom is 0.140 e. The molecule has 2 aromatic carbocycles. The van der Waals surface area contributed by atoms with Gasteiger partial charge in [0, 0.05) is 43.8 Å². The van der Waals surface area contributed by atoms with Crippen molar-refractivity contribution in [1.82, 2.24) is 9.88 Å². The minimum atomic E-state index is 0.556. The lowest BCUT2D eigenvalue weighted by molar-refractivity contribution is 0.249. The van der Waals surface area contributed by atoms with E-state index in [1.807, 2.05) is 36.5 Å². The molecule has 2 heterocycles. The Bertz CT molecular complexity index is 878. The molecular weight excluding hydrogens is 370 g/mol. The topological polar surface area (TPSA) is 28.6 Å². The van der Waals surface area contributed by atoms with E-state index in [4.69, 9.17) is 16.3 Å². The van der Waals surface area contributed by atoms with Gasteiger partial charge in [-0.3, -0.25) is 9.88 Å². The Hall–Kier alpha value is -2.56. The molecule has 0 aliphatic carbocycles. The maximum atomic E-state index is 5.97. The molecule has 1 saturated heterocycles. The molecular formula is C23H24ClN3O. The van der Waals surface area contributed by atoms with Crippen LogP contribution in [0.5, 0.6) is 5.75 Å². The predicted molar refractivity (Wildman–Crippen MR) is 114 cm³/mol. The highest BCUT2D eigenvalue weighted by molar-refractivity contribution is 6.30. The summed E-state index contributed by atoms with van der Waals surface area (Å²) in [5, 5.41) is 0.787. The lowest BCUT2D eigenvalue weighted by atomic mass is 10.2. The number of piperazine rings is 1. The van der Waals surface area contributed by atoms with Crippen molar-refractivity contribution in [2.45, 2.75) is 13.2 Å². The van der Waals surface area contributed by atoms with E-state index in [0.29, 0.717) is 6.61 Å². The van der Waals surface area contributed by atoms with E-state index in [0.717, 1.165) is 54.7 Å². The van der Waals surface area contributed by atoms with Crippen molar-refractivity contribution in [1.29, 1.82) is 0 Å². The van der Waals surface area contributed by atoms with Crippen LogP contribution in [0.1, 0.15) is 11.1 Å². The Balaban J connectivity index is 1.31. The molecule has 3 aromatic rings. The van der Waals surface area contributed by atoms with Gasteiger partial charge in [-0.2, -0.15) is 0 Å². The van der Waals surface area contributed by atoms with Gasteiger partial charge in [0.15, 0.2) is 0 Å². The van der Waals surface area contributed by atoms with Crippen molar-refractivity contribution >= 4 is 17.3 Å². The first-order chi connectivity index (χ1) is 13.8. The van der Waals surface area contributed by atoms with Crippen molar-refractivity contribution in [3.8, 4) is 5.75 Å². The van der Waals surface area contributed by atoms with Gasteiger partial charge >= 0.3 is 0 Å². The summed E-state index contributed by atoms with van der Waals surface area (Å²) < 4.78 is 5.92. The van der Waals surface area contributed by atoms with Gasteiger partial charge in [0.25, 0.3) is 0 Å². The second-order valence-corrected chi connectivity index (χ2v) is 7.48. The molecule has 1 aliphatic heterocycles. The first-order valence-corrected chi connectivity index (χ1v) is 9.97. The number of nitrogens with zero attached hydrogens (tertiary/aromatic N) is 3. The third-order valence-corrected chi connectivity index (χ3v) is 5.26. The highest BCUT2D eigenvalue weighted by Gasteiger charge is 2.18. The monoisotopic (exact) mass is 393 g/mol. The molecule has 1 aromatic heterocycles. The summed E-state index contributed by atoms with van der Waals surface area (Å²) in [5.41, 5.74) is 3.58. The second kappa shape index (κ2) is 9.09. The second-order valence-electron chi connectivity index (χ2n) is 7.04. The fourth-order valence-electron chi connectivity index (χ4n) is 3.41. The Labute approximate surface area is 171 Å². The van der Waals surface area contributed by atoms with Crippen LogP contribution in [0.25, 0.3) is 0 Å². The summed E-state index contributed by atoms with van der Waals surface area (Å²) >= 11 is 5.97. The van der Waals surface area contributed by atoms with Crippen LogP contribution in [0, 0.1) is 0 Å². The Morgan fingerprint density at radius 2 is 1.61 bits per heavy atom. The minimum absolute atomic E-state index is 0.556. The number of ether oxygens (including phenoxy) is 1. The van der Waals surface area contributed by atoms with Crippen LogP contribution in [0.4, 0.5) is 5.69 Å². The molecule has 144 valence electrons. The summed E-state index contributed by atoms with van der Waals surface area (Å²) in [6, 6.07) is 20.4. The van der Waals surface area contributed by atoms with E-state index in [2.05, 4.69) is 45.1 Å². The number of hydrogen-bond acceptors (Lipinski definition) is 4. The first-order valence-electron chi connectivity index (χ1n) is 9.60. The van der Waals surface area contributed by atoms with Crippen LogP contribution in [0.15, 0.2) is 73.1 Å². The SMILES string of the molecule is Clc1ccc(CN2CCN(c3cncc(OCc4ccccc4)c3)CC2)cc1. The third kappa shape index (κ3) is 5.03. The zero-order valence-corrected chi connectivity index (χ0v) is 16.6. The number of benzene rings is 2. The van der Waals surface area contributed by atoms with Gasteiger partial charge in [-0.05, 0) is 23.3 Å². The van der Waals surface area contributed by atoms with Crippen molar-refractivity contribution in [2.75, 3.05) is 31.1 Å². The molecule has 4 nitrogen and oxygen atoms in total. The van der Waals surface area contributed by atoms with Gasteiger partial charge in [-0.15, -0.1) is 0 Å². The first kappa shape index (κ1) is 18.8. The van der Waals surface area contributed by atoms with Crippen LogP contribution in [-0.4, -0.2) is 36.1 Å². The summed E-state index contributed by atoms with van der Waals surface area (Å²) in [7, 11) is 0. The molecule has 1 aliphatic rings. The van der Waals surface area contributed by atoms with Crippen molar-refractivity contribution in [3.05, 3.63) is 89.2 Å². The molecule has 0 atom stereocenters. The highest BCUT2D eigenvalue weighted by atomic mass is 35.5. The molecule has 0 radical (unpaired) electrons. The van der Waals surface area contributed by atoms with Crippen molar-refractivity contribution < 1.29 is 4.74 Å². The molecule has 4 rings (SSSR count). The number of anilines is 1. The van der Waals surface area contributed by atoms with Crippen LogP contribution < -0.4 is 9.64 Å². The zero-order valence-electron chi connectivity index (χ0n) is 15.8. The molecule has 28 heavy (non-hydrogen) atoms. The number of hydrogen-bond donors (Lipinski definition) is 0. The highest BCUT2D eigenvalue weighted by Crippen LogP contribution is 2.22. The molecule has 0 spiro atoms. The normalized spacial score (nSPS) is 14.8. The summed E-state index contributed by atoms with van der Waals surface area (Å²) in [4.78, 5) is 9.23. The standard InChI is InChI=1S/C23H24ClN3O/c24-21-8-6-19(7-9-21)17-26-10-12-27(13-11-26)22-14-23(16-25-15-22)28-18-20-4-2-1-3-5-20/h1-9,14-16H,10-13,17-18H2. The van der Waals surface area contributed by atoms with E-state index in [1.165, 1.54) is 5.56 Å². The van der Waals surface area contributed by atoms with Gasteiger partial charge in [0.2, 0.25) is 0 Å². The van der Waals surface area contributed by atoms with E-state index in [-0.39, 0.29) is 0 Å². The van der Waals surface area contributed by atoms with Gasteiger partial charge in [-0.25, -0.2) is 0 Å². The zero-order chi connectivity index (χ0) is 19.2. The van der Waals surface area contributed by atoms with E-state index in [9.17, 15) is 0 Å². The van der Waals surface area contributed by atoms with Gasteiger partial charge in [-0.1, -0.05) is 54.1 Å². The number of halogens is 1. The maximum absolute atomic E-state index is 5.97. The van der Waals surface area contributed by atoms with Crippen LogP contribution in [0.2, 0.25) is 5.02 Å². The average molecular weight is 394 g/mol. The predicted octanol–water partition coefficient (Wildman–Crippen LogP) is 4.64. The molecule has 0 bridgehead atoms. The molecule has 0 saturated carbocycles. The third-order valence-electron chi connectivity index (χ3n) is 5.00. The summed E-state index contributed by atoms with van der Waals surface area (Å²) in [6.45, 7) is 5.54. The van der Waals surface area contributed by atoms with Crippen LogP contribution >= 0.6 is 11.6 Å². The Morgan fingerprint density at radius 3 is 2.36 bits per heavy atom. The van der Waals surface area contributed by atoms with Crippen molar-refractivity contribution in [2.24, 2.45) is 0 Å². The Kier molecular flexibility index (Phi) is 6.10. The van der Waals surface area contributed by atoms with E-state index in [1.54, 1.807) is 6.20 Å². The number of rotatable bonds is 6. The van der Waals surface area contributed by atoms with Crippen LogP contribution in [0.3, 0.4) is 0 Å². The summed E-state index contributed by atoms with van der Waals surface area (Å²) in [5.74, 6) is 0.810. The lowest BCUT2D eigenvalue weighted by Crippen LogP contribution is -2.46.